The Morgan fingerprint density at radius 1 is 1.21 bits per heavy atom. The molecular formula is C9H17F3N2O4S. The molecule has 0 heterocycles. The van der Waals surface area contributed by atoms with E-state index in [4.69, 9.17) is 10.8 Å². The molecule has 0 saturated heterocycles. The molecule has 0 bridgehead atoms. The molecule has 0 unspecified atom stereocenters. The molecule has 0 spiro atoms. The number of hydrogen-bond donors (Lipinski definition) is 2. The highest BCUT2D eigenvalue weighted by Gasteiger charge is 2.30. The van der Waals surface area contributed by atoms with E-state index < -0.39 is 46.6 Å². The average molecular weight is 306 g/mol. The van der Waals surface area contributed by atoms with Crippen LogP contribution in [0.25, 0.3) is 0 Å². The first-order chi connectivity index (χ1) is 8.56. The van der Waals surface area contributed by atoms with Crippen molar-refractivity contribution in [2.45, 2.75) is 12.6 Å². The number of nitrogens with two attached hydrogens (primary N) is 1. The van der Waals surface area contributed by atoms with E-state index in [1.165, 1.54) is 0 Å². The fraction of sp³-hybridized carbons (Fsp3) is 0.889. The zero-order chi connectivity index (χ0) is 15.1. The van der Waals surface area contributed by atoms with Crippen molar-refractivity contribution in [3.8, 4) is 0 Å². The van der Waals surface area contributed by atoms with Crippen LogP contribution in [0.2, 0.25) is 0 Å². The average Bonchev–Trinajstić information content (AvgIpc) is 2.22. The van der Waals surface area contributed by atoms with Crippen molar-refractivity contribution in [3.63, 3.8) is 0 Å². The van der Waals surface area contributed by atoms with Crippen LogP contribution in [0.1, 0.15) is 6.42 Å². The molecule has 0 saturated carbocycles. The second-order valence-electron chi connectivity index (χ2n) is 3.98. The number of primary amides is 1. The zero-order valence-electron chi connectivity index (χ0n) is 10.2. The first-order valence-corrected chi connectivity index (χ1v) is 7.26. The first kappa shape index (κ1) is 18.1. The van der Waals surface area contributed by atoms with E-state index in [0.29, 0.717) is 0 Å². The summed E-state index contributed by atoms with van der Waals surface area (Å²) in [7, 11) is -3.64. The normalized spacial score (nSPS) is 12.9. The summed E-state index contributed by atoms with van der Waals surface area (Å²) in [6.45, 7) is -2.43. The van der Waals surface area contributed by atoms with Gasteiger partial charge in [-0.05, 0) is 0 Å². The molecule has 3 N–H and O–H groups in total. The van der Waals surface area contributed by atoms with Gasteiger partial charge in [0.15, 0.2) is 9.84 Å². The monoisotopic (exact) mass is 306 g/mol. The predicted molar refractivity (Wildman–Crippen MR) is 62.0 cm³/mol. The maximum atomic E-state index is 12.2. The third kappa shape index (κ3) is 10.7. The summed E-state index contributed by atoms with van der Waals surface area (Å²) < 4.78 is 59.4. The molecule has 0 aliphatic rings. The second-order valence-corrected chi connectivity index (χ2v) is 6.29. The van der Waals surface area contributed by atoms with Crippen molar-refractivity contribution in [1.29, 1.82) is 0 Å². The fourth-order valence-electron chi connectivity index (χ4n) is 1.29. The Bertz CT molecular complexity index is 383. The Labute approximate surface area is 109 Å². The fourth-order valence-corrected chi connectivity index (χ4v) is 2.54. The number of alkyl halides is 3. The van der Waals surface area contributed by atoms with Gasteiger partial charge in [0.1, 0.15) is 0 Å². The topological polar surface area (TPSA) is 101 Å². The smallest absolute Gasteiger partial charge is 0.395 e. The quantitative estimate of drug-likeness (QED) is 0.577. The van der Waals surface area contributed by atoms with Gasteiger partial charge in [-0.1, -0.05) is 0 Å². The molecule has 19 heavy (non-hydrogen) atoms. The van der Waals surface area contributed by atoms with Crippen LogP contribution >= 0.6 is 0 Å². The Kier molecular flexibility index (Phi) is 7.30. The minimum Gasteiger partial charge on any atom is -0.395 e. The van der Waals surface area contributed by atoms with Gasteiger partial charge in [-0.15, -0.1) is 0 Å². The molecular weight excluding hydrogens is 289 g/mol. The number of nitrogens with zero attached hydrogens (tertiary/aromatic N) is 1. The van der Waals surface area contributed by atoms with Crippen molar-refractivity contribution in [1.82, 2.24) is 4.90 Å². The van der Waals surface area contributed by atoms with Gasteiger partial charge in [0, 0.05) is 19.5 Å². The molecule has 0 fully saturated rings. The van der Waals surface area contributed by atoms with E-state index >= 15 is 0 Å². The van der Waals surface area contributed by atoms with Crippen molar-refractivity contribution in [3.05, 3.63) is 0 Å². The van der Waals surface area contributed by atoms with Crippen LogP contribution in [0.5, 0.6) is 0 Å². The molecule has 1 amide bonds. The summed E-state index contributed by atoms with van der Waals surface area (Å²) in [5.74, 6) is -1.79. The van der Waals surface area contributed by atoms with E-state index in [0.717, 1.165) is 4.90 Å². The van der Waals surface area contributed by atoms with Gasteiger partial charge in [-0.2, -0.15) is 13.2 Å². The standard InChI is InChI=1S/C9H17F3N2O4S/c10-9(11,12)7-14(2-4-15)3-6-19(17,18)5-1-8(13)16/h15H,1-7H2,(H2,13,16). The van der Waals surface area contributed by atoms with Crippen LogP contribution in [0, 0.1) is 0 Å². The van der Waals surface area contributed by atoms with E-state index in [-0.39, 0.29) is 19.5 Å². The number of rotatable bonds is 9. The lowest BCUT2D eigenvalue weighted by molar-refractivity contribution is -0.146. The minimum absolute atomic E-state index is 0.273. The highest BCUT2D eigenvalue weighted by molar-refractivity contribution is 7.91. The SMILES string of the molecule is NC(=O)CCS(=O)(=O)CCN(CCO)CC(F)(F)F. The lowest BCUT2D eigenvalue weighted by atomic mass is 10.4. The molecule has 0 atom stereocenters. The Morgan fingerprint density at radius 3 is 2.21 bits per heavy atom. The Morgan fingerprint density at radius 2 is 1.79 bits per heavy atom. The predicted octanol–water partition coefficient (Wildman–Crippen LogP) is -0.867. The first-order valence-electron chi connectivity index (χ1n) is 5.44. The van der Waals surface area contributed by atoms with E-state index in [1.807, 2.05) is 0 Å². The molecule has 0 radical (unpaired) electrons. The lowest BCUT2D eigenvalue weighted by Gasteiger charge is -2.22. The molecule has 6 nitrogen and oxygen atoms in total. The van der Waals surface area contributed by atoms with Crippen LogP contribution < -0.4 is 5.73 Å². The number of carbonyl (C=O) groups is 1. The highest BCUT2D eigenvalue weighted by atomic mass is 32.2. The summed E-state index contributed by atoms with van der Waals surface area (Å²) in [5.41, 5.74) is 4.79. The lowest BCUT2D eigenvalue weighted by Crippen LogP contribution is -2.39. The largest absolute Gasteiger partial charge is 0.401 e. The van der Waals surface area contributed by atoms with Crippen LogP contribution in [-0.4, -0.2) is 68.3 Å². The van der Waals surface area contributed by atoms with Gasteiger partial charge in [0.2, 0.25) is 5.91 Å². The van der Waals surface area contributed by atoms with Crippen molar-refractivity contribution >= 4 is 15.7 Å². The Hall–Kier alpha value is -0.870. The molecule has 0 aliphatic heterocycles. The number of halogens is 3. The minimum atomic E-state index is -4.47. The van der Waals surface area contributed by atoms with Crippen molar-refractivity contribution in [2.24, 2.45) is 5.73 Å². The summed E-state index contributed by atoms with van der Waals surface area (Å²) in [6, 6.07) is 0. The number of hydrogen-bond acceptors (Lipinski definition) is 5. The Balaban J connectivity index is 4.34. The summed E-state index contributed by atoms with van der Waals surface area (Å²) in [6.07, 6.45) is -4.83. The third-order valence-corrected chi connectivity index (χ3v) is 3.83. The van der Waals surface area contributed by atoms with Gasteiger partial charge < -0.3 is 10.8 Å². The molecule has 0 aromatic heterocycles. The number of sulfone groups is 1. The third-order valence-electron chi connectivity index (χ3n) is 2.20. The molecule has 0 aliphatic carbocycles. The second kappa shape index (κ2) is 7.65. The molecule has 114 valence electrons. The van der Waals surface area contributed by atoms with E-state index in [9.17, 15) is 26.4 Å². The number of aliphatic hydroxyl groups excluding tert-OH is 1. The molecule has 0 aromatic rings. The zero-order valence-corrected chi connectivity index (χ0v) is 11.0. The molecule has 0 rings (SSSR count). The van der Waals surface area contributed by atoms with Crippen molar-refractivity contribution < 1.29 is 31.5 Å². The number of amides is 1. The van der Waals surface area contributed by atoms with Crippen LogP contribution in [0.15, 0.2) is 0 Å². The van der Waals surface area contributed by atoms with Crippen LogP contribution in [0.4, 0.5) is 13.2 Å². The van der Waals surface area contributed by atoms with Crippen LogP contribution in [0.3, 0.4) is 0 Å². The number of carbonyl (C=O) groups excluding carboxylic acids is 1. The van der Waals surface area contributed by atoms with E-state index in [1.54, 1.807) is 0 Å². The van der Waals surface area contributed by atoms with Gasteiger partial charge >= 0.3 is 6.18 Å². The number of aliphatic hydroxyl groups is 1. The highest BCUT2D eigenvalue weighted by Crippen LogP contribution is 2.16. The van der Waals surface area contributed by atoms with Gasteiger partial charge in [-0.3, -0.25) is 9.69 Å². The molecule has 0 aromatic carbocycles. The van der Waals surface area contributed by atoms with Crippen LogP contribution in [-0.2, 0) is 14.6 Å². The van der Waals surface area contributed by atoms with Gasteiger partial charge in [0.05, 0.1) is 24.7 Å². The summed E-state index contributed by atoms with van der Waals surface area (Å²) in [4.78, 5) is 11.2. The summed E-state index contributed by atoms with van der Waals surface area (Å²) in [5, 5.41) is 8.62. The van der Waals surface area contributed by atoms with Crippen molar-refractivity contribution in [2.75, 3.05) is 37.7 Å². The molecule has 10 heteroatoms. The maximum Gasteiger partial charge on any atom is 0.401 e. The van der Waals surface area contributed by atoms with Gasteiger partial charge in [0.25, 0.3) is 0 Å². The van der Waals surface area contributed by atoms with E-state index in [2.05, 4.69) is 0 Å². The van der Waals surface area contributed by atoms with Gasteiger partial charge in [-0.25, -0.2) is 8.42 Å². The summed E-state index contributed by atoms with van der Waals surface area (Å²) >= 11 is 0. The maximum absolute atomic E-state index is 12.2.